The lowest BCUT2D eigenvalue weighted by atomic mass is 9.64. The lowest BCUT2D eigenvalue weighted by molar-refractivity contribution is -0.0689. The van der Waals surface area contributed by atoms with Gasteiger partial charge in [0.1, 0.15) is 0 Å². The second-order valence-corrected chi connectivity index (χ2v) is 5.49. The van der Waals surface area contributed by atoms with Gasteiger partial charge in [0.05, 0.1) is 13.2 Å². The number of hydrogen-bond acceptors (Lipinski definition) is 4. The number of aromatic hydroxyl groups is 1. The topological polar surface area (TPSA) is 78.8 Å². The van der Waals surface area contributed by atoms with Crippen LogP contribution in [0.2, 0.25) is 0 Å². The van der Waals surface area contributed by atoms with Crippen LogP contribution in [0.3, 0.4) is 0 Å². The van der Waals surface area contributed by atoms with Gasteiger partial charge in [-0.25, -0.2) is 0 Å². The molecule has 0 spiro atoms. The third kappa shape index (κ3) is 2.38. The van der Waals surface area contributed by atoms with Crippen LogP contribution in [0.15, 0.2) is 18.2 Å². The standard InChI is InChI=1S/C14H19NO4/c1-14(2)11(7-12(14)17)15-13(18)8-4-5-10(19-3)9(16)6-8/h4-6,11-12,16-17H,7H2,1-3H3,(H,15,18). The summed E-state index contributed by atoms with van der Waals surface area (Å²) in [6.45, 7) is 3.83. The van der Waals surface area contributed by atoms with E-state index in [1.54, 1.807) is 12.1 Å². The molecule has 1 aromatic carbocycles. The Morgan fingerprint density at radius 2 is 2.16 bits per heavy atom. The summed E-state index contributed by atoms with van der Waals surface area (Å²) in [5, 5.41) is 22.1. The largest absolute Gasteiger partial charge is 0.504 e. The fraction of sp³-hybridized carbons (Fsp3) is 0.500. The van der Waals surface area contributed by atoms with Gasteiger partial charge in [-0.2, -0.15) is 0 Å². The molecule has 0 aliphatic heterocycles. The van der Waals surface area contributed by atoms with Crippen LogP contribution in [0.5, 0.6) is 11.5 Å². The lowest BCUT2D eigenvalue weighted by Gasteiger charge is -2.49. The smallest absolute Gasteiger partial charge is 0.251 e. The first kappa shape index (κ1) is 13.7. The summed E-state index contributed by atoms with van der Waals surface area (Å²) in [4.78, 5) is 12.0. The van der Waals surface area contributed by atoms with Crippen LogP contribution >= 0.6 is 0 Å². The van der Waals surface area contributed by atoms with Crippen LogP contribution in [0.4, 0.5) is 0 Å². The van der Waals surface area contributed by atoms with Gasteiger partial charge < -0.3 is 20.3 Å². The summed E-state index contributed by atoms with van der Waals surface area (Å²) in [5.41, 5.74) is 0.0555. The summed E-state index contributed by atoms with van der Waals surface area (Å²) < 4.78 is 4.93. The molecule has 5 nitrogen and oxygen atoms in total. The van der Waals surface area contributed by atoms with E-state index >= 15 is 0 Å². The van der Waals surface area contributed by atoms with Crippen LogP contribution in [0.25, 0.3) is 0 Å². The Hall–Kier alpha value is -1.75. The number of rotatable bonds is 3. The highest BCUT2D eigenvalue weighted by molar-refractivity contribution is 5.95. The van der Waals surface area contributed by atoms with Crippen LogP contribution in [-0.2, 0) is 0 Å². The number of phenolic OH excluding ortho intramolecular Hbond substituents is 1. The molecule has 0 aromatic heterocycles. The molecule has 0 bridgehead atoms. The number of carbonyl (C=O) groups excluding carboxylic acids is 1. The van der Waals surface area contributed by atoms with E-state index in [0.717, 1.165) is 0 Å². The number of aliphatic hydroxyl groups is 1. The van der Waals surface area contributed by atoms with E-state index in [1.165, 1.54) is 13.2 Å². The molecule has 2 atom stereocenters. The Labute approximate surface area is 112 Å². The number of carbonyl (C=O) groups is 1. The van der Waals surface area contributed by atoms with E-state index in [-0.39, 0.29) is 29.2 Å². The highest BCUT2D eigenvalue weighted by Gasteiger charge is 2.47. The number of benzene rings is 1. The molecule has 1 aromatic rings. The molecule has 2 unspecified atom stereocenters. The van der Waals surface area contributed by atoms with E-state index in [2.05, 4.69) is 5.32 Å². The number of nitrogens with one attached hydrogen (secondary N) is 1. The van der Waals surface area contributed by atoms with E-state index < -0.39 is 0 Å². The van der Waals surface area contributed by atoms with Gasteiger partial charge in [-0.05, 0) is 24.6 Å². The van der Waals surface area contributed by atoms with Crippen molar-refractivity contribution >= 4 is 5.91 Å². The van der Waals surface area contributed by atoms with E-state index in [0.29, 0.717) is 17.7 Å². The van der Waals surface area contributed by atoms with Crippen molar-refractivity contribution in [2.75, 3.05) is 7.11 Å². The van der Waals surface area contributed by atoms with Crippen molar-refractivity contribution in [1.29, 1.82) is 0 Å². The summed E-state index contributed by atoms with van der Waals surface area (Å²) in [7, 11) is 1.45. The first-order valence-corrected chi connectivity index (χ1v) is 6.22. The number of amides is 1. The molecular formula is C14H19NO4. The Balaban J connectivity index is 2.07. The van der Waals surface area contributed by atoms with E-state index in [4.69, 9.17) is 4.74 Å². The molecule has 104 valence electrons. The second-order valence-electron chi connectivity index (χ2n) is 5.49. The van der Waals surface area contributed by atoms with Gasteiger partial charge in [0.2, 0.25) is 0 Å². The fourth-order valence-electron chi connectivity index (χ4n) is 2.22. The third-order valence-electron chi connectivity index (χ3n) is 3.96. The summed E-state index contributed by atoms with van der Waals surface area (Å²) in [6, 6.07) is 4.45. The van der Waals surface area contributed by atoms with Crippen molar-refractivity contribution in [2.45, 2.75) is 32.4 Å². The van der Waals surface area contributed by atoms with Gasteiger partial charge in [-0.1, -0.05) is 13.8 Å². The molecule has 1 fully saturated rings. The van der Waals surface area contributed by atoms with Crippen LogP contribution in [-0.4, -0.2) is 35.4 Å². The van der Waals surface area contributed by atoms with Crippen molar-refractivity contribution < 1.29 is 19.7 Å². The zero-order valence-corrected chi connectivity index (χ0v) is 11.3. The maximum Gasteiger partial charge on any atom is 0.251 e. The number of ether oxygens (including phenoxy) is 1. The molecule has 5 heteroatoms. The molecule has 2 rings (SSSR count). The number of hydrogen-bond donors (Lipinski definition) is 3. The molecule has 1 aliphatic rings. The van der Waals surface area contributed by atoms with E-state index in [1.807, 2.05) is 13.8 Å². The van der Waals surface area contributed by atoms with Gasteiger partial charge in [0.15, 0.2) is 11.5 Å². The van der Waals surface area contributed by atoms with Crippen molar-refractivity contribution in [2.24, 2.45) is 5.41 Å². The van der Waals surface area contributed by atoms with Crippen molar-refractivity contribution in [3.63, 3.8) is 0 Å². The Morgan fingerprint density at radius 3 is 2.63 bits per heavy atom. The zero-order chi connectivity index (χ0) is 14.2. The van der Waals surface area contributed by atoms with Gasteiger partial charge in [-0.3, -0.25) is 4.79 Å². The monoisotopic (exact) mass is 265 g/mol. The number of aliphatic hydroxyl groups excluding tert-OH is 1. The summed E-state index contributed by atoms with van der Waals surface area (Å²) >= 11 is 0. The molecule has 0 heterocycles. The summed E-state index contributed by atoms with van der Waals surface area (Å²) in [5.74, 6) is 0.00179. The lowest BCUT2D eigenvalue weighted by Crippen LogP contribution is -2.61. The second kappa shape index (κ2) is 4.74. The molecule has 1 aliphatic carbocycles. The van der Waals surface area contributed by atoms with Crippen LogP contribution < -0.4 is 10.1 Å². The highest BCUT2D eigenvalue weighted by Crippen LogP contribution is 2.40. The molecule has 0 radical (unpaired) electrons. The summed E-state index contributed by atoms with van der Waals surface area (Å²) in [6.07, 6.45) is 0.169. The van der Waals surface area contributed by atoms with Crippen LogP contribution in [0, 0.1) is 5.41 Å². The Bertz CT molecular complexity index is 498. The van der Waals surface area contributed by atoms with Crippen LogP contribution in [0.1, 0.15) is 30.6 Å². The highest BCUT2D eigenvalue weighted by atomic mass is 16.5. The SMILES string of the molecule is COc1ccc(C(=O)NC2CC(O)C2(C)C)cc1O. The normalized spacial score (nSPS) is 24.4. The molecule has 0 saturated heterocycles. The Kier molecular flexibility index (Phi) is 3.41. The first-order chi connectivity index (χ1) is 8.86. The minimum absolute atomic E-state index is 0.0563. The fourth-order valence-corrected chi connectivity index (χ4v) is 2.22. The minimum Gasteiger partial charge on any atom is -0.504 e. The first-order valence-electron chi connectivity index (χ1n) is 6.22. The number of methoxy groups -OCH3 is 1. The molecule has 1 saturated carbocycles. The quantitative estimate of drug-likeness (QED) is 0.769. The van der Waals surface area contributed by atoms with E-state index in [9.17, 15) is 15.0 Å². The van der Waals surface area contributed by atoms with Gasteiger partial charge in [0.25, 0.3) is 5.91 Å². The molecule has 3 N–H and O–H groups in total. The van der Waals surface area contributed by atoms with Crippen molar-refractivity contribution in [3.8, 4) is 11.5 Å². The average Bonchev–Trinajstić information content (AvgIpc) is 2.38. The Morgan fingerprint density at radius 1 is 1.47 bits per heavy atom. The molecular weight excluding hydrogens is 246 g/mol. The van der Waals surface area contributed by atoms with Gasteiger partial charge in [0, 0.05) is 17.0 Å². The van der Waals surface area contributed by atoms with Gasteiger partial charge >= 0.3 is 0 Å². The zero-order valence-electron chi connectivity index (χ0n) is 11.3. The maximum atomic E-state index is 12.0. The van der Waals surface area contributed by atoms with Gasteiger partial charge in [-0.15, -0.1) is 0 Å². The third-order valence-corrected chi connectivity index (χ3v) is 3.96. The van der Waals surface area contributed by atoms with Crippen molar-refractivity contribution in [3.05, 3.63) is 23.8 Å². The maximum absolute atomic E-state index is 12.0. The predicted molar refractivity (Wildman–Crippen MR) is 70.3 cm³/mol. The average molecular weight is 265 g/mol. The minimum atomic E-state index is -0.387. The molecule has 19 heavy (non-hydrogen) atoms. The predicted octanol–water partition coefficient (Wildman–Crippen LogP) is 1.29. The number of phenols is 1. The molecule has 1 amide bonds. The van der Waals surface area contributed by atoms with Crippen molar-refractivity contribution in [1.82, 2.24) is 5.32 Å².